The molecule has 4 heteroatoms. The molecule has 1 atom stereocenters. The Bertz CT molecular complexity index is 804. The molecule has 0 aliphatic rings. The molecule has 0 amide bonds. The minimum Gasteiger partial charge on any atom is -0.456 e. The monoisotopic (exact) mass is 269 g/mol. The lowest BCUT2D eigenvalue weighted by Gasteiger charge is -2.09. The standard InChI is InChI=1S/C16H15NO3/c1-3-10(2)12-8-13-11-6-4-5-7-15(11)20-16(13)9-14(12)17(18)19/h4-10H,3H2,1-2H3. The molecule has 1 aromatic heterocycles. The van der Waals surface area contributed by atoms with Gasteiger partial charge in [0, 0.05) is 16.3 Å². The number of nitro benzene ring substituents is 1. The summed E-state index contributed by atoms with van der Waals surface area (Å²) in [6.45, 7) is 4.04. The Labute approximate surface area is 116 Å². The van der Waals surface area contributed by atoms with Crippen molar-refractivity contribution >= 4 is 27.6 Å². The largest absolute Gasteiger partial charge is 0.456 e. The summed E-state index contributed by atoms with van der Waals surface area (Å²) in [4.78, 5) is 10.9. The fourth-order valence-electron chi connectivity index (χ4n) is 2.55. The molecule has 0 spiro atoms. The molecule has 1 unspecified atom stereocenters. The highest BCUT2D eigenvalue weighted by Gasteiger charge is 2.21. The second kappa shape index (κ2) is 4.63. The van der Waals surface area contributed by atoms with E-state index in [1.165, 1.54) is 0 Å². The molecule has 0 aliphatic carbocycles. The van der Waals surface area contributed by atoms with E-state index in [9.17, 15) is 10.1 Å². The van der Waals surface area contributed by atoms with Crippen molar-refractivity contribution in [3.05, 3.63) is 52.1 Å². The van der Waals surface area contributed by atoms with E-state index in [-0.39, 0.29) is 16.5 Å². The zero-order valence-corrected chi connectivity index (χ0v) is 11.4. The Balaban J connectivity index is 2.38. The van der Waals surface area contributed by atoms with E-state index in [2.05, 4.69) is 0 Å². The van der Waals surface area contributed by atoms with Crippen LogP contribution in [0.15, 0.2) is 40.8 Å². The molecule has 3 aromatic rings. The molecule has 0 aliphatic heterocycles. The van der Waals surface area contributed by atoms with E-state index < -0.39 is 0 Å². The summed E-state index contributed by atoms with van der Waals surface area (Å²) < 4.78 is 5.71. The summed E-state index contributed by atoms with van der Waals surface area (Å²) >= 11 is 0. The summed E-state index contributed by atoms with van der Waals surface area (Å²) in [7, 11) is 0. The van der Waals surface area contributed by atoms with Gasteiger partial charge in [-0.05, 0) is 24.5 Å². The number of nitrogens with zero attached hydrogens (tertiary/aromatic N) is 1. The molecule has 0 saturated carbocycles. The van der Waals surface area contributed by atoms with Crippen LogP contribution in [0.25, 0.3) is 21.9 Å². The van der Waals surface area contributed by atoms with Gasteiger partial charge >= 0.3 is 0 Å². The molecule has 20 heavy (non-hydrogen) atoms. The fourth-order valence-corrected chi connectivity index (χ4v) is 2.55. The number of fused-ring (bicyclic) bond motifs is 3. The van der Waals surface area contributed by atoms with Gasteiger partial charge in [0.05, 0.1) is 11.0 Å². The Morgan fingerprint density at radius 3 is 2.65 bits per heavy atom. The zero-order valence-electron chi connectivity index (χ0n) is 11.4. The number of hydrogen-bond donors (Lipinski definition) is 0. The molecule has 0 radical (unpaired) electrons. The topological polar surface area (TPSA) is 56.3 Å². The lowest BCUT2D eigenvalue weighted by molar-refractivity contribution is -0.385. The van der Waals surface area contributed by atoms with Crippen LogP contribution >= 0.6 is 0 Å². The van der Waals surface area contributed by atoms with E-state index in [0.29, 0.717) is 5.58 Å². The maximum atomic E-state index is 11.3. The predicted octanol–water partition coefficient (Wildman–Crippen LogP) is 5.01. The van der Waals surface area contributed by atoms with Gasteiger partial charge in [0.1, 0.15) is 11.2 Å². The lowest BCUT2D eigenvalue weighted by atomic mass is 9.95. The summed E-state index contributed by atoms with van der Waals surface area (Å²) in [5.74, 6) is 0.147. The second-order valence-electron chi connectivity index (χ2n) is 5.07. The van der Waals surface area contributed by atoms with E-state index in [1.807, 2.05) is 44.2 Å². The average molecular weight is 269 g/mol. The first kappa shape index (κ1) is 12.7. The molecule has 0 fully saturated rings. The van der Waals surface area contributed by atoms with Gasteiger partial charge < -0.3 is 4.42 Å². The Morgan fingerprint density at radius 1 is 1.20 bits per heavy atom. The van der Waals surface area contributed by atoms with Gasteiger partial charge in [0.2, 0.25) is 0 Å². The molecule has 4 nitrogen and oxygen atoms in total. The number of hydrogen-bond acceptors (Lipinski definition) is 3. The molecule has 0 bridgehead atoms. The van der Waals surface area contributed by atoms with Crippen molar-refractivity contribution in [2.24, 2.45) is 0 Å². The van der Waals surface area contributed by atoms with E-state index >= 15 is 0 Å². The van der Waals surface area contributed by atoms with Crippen molar-refractivity contribution < 1.29 is 9.34 Å². The highest BCUT2D eigenvalue weighted by Crippen LogP contribution is 2.37. The molecular formula is C16H15NO3. The van der Waals surface area contributed by atoms with Gasteiger partial charge in [-0.1, -0.05) is 32.0 Å². The zero-order chi connectivity index (χ0) is 14.3. The number of benzene rings is 2. The smallest absolute Gasteiger partial charge is 0.276 e. The van der Waals surface area contributed by atoms with Gasteiger partial charge in [-0.2, -0.15) is 0 Å². The number of para-hydroxylation sites is 1. The van der Waals surface area contributed by atoms with Crippen LogP contribution in [0.4, 0.5) is 5.69 Å². The third-order valence-corrected chi connectivity index (χ3v) is 3.87. The van der Waals surface area contributed by atoms with Gasteiger partial charge in [0.15, 0.2) is 0 Å². The maximum absolute atomic E-state index is 11.3. The summed E-state index contributed by atoms with van der Waals surface area (Å²) in [5.41, 5.74) is 2.26. The minimum absolute atomic E-state index is 0.144. The number of nitro groups is 1. The van der Waals surface area contributed by atoms with Gasteiger partial charge in [-0.3, -0.25) is 10.1 Å². The van der Waals surface area contributed by atoms with Crippen LogP contribution in [0.5, 0.6) is 0 Å². The number of furan rings is 1. The van der Waals surface area contributed by atoms with E-state index in [1.54, 1.807) is 6.07 Å². The predicted molar refractivity (Wildman–Crippen MR) is 79.1 cm³/mol. The van der Waals surface area contributed by atoms with Crippen LogP contribution in [-0.2, 0) is 0 Å². The van der Waals surface area contributed by atoms with Gasteiger partial charge in [-0.15, -0.1) is 0 Å². The molecule has 0 saturated heterocycles. The minimum atomic E-state index is -0.325. The normalized spacial score (nSPS) is 12.9. The quantitative estimate of drug-likeness (QED) is 0.496. The SMILES string of the molecule is CCC(C)c1cc2c(cc1[N+](=O)[O-])oc1ccccc12. The Morgan fingerprint density at radius 2 is 1.95 bits per heavy atom. The molecular weight excluding hydrogens is 254 g/mol. The highest BCUT2D eigenvalue weighted by atomic mass is 16.6. The molecule has 1 heterocycles. The second-order valence-corrected chi connectivity index (χ2v) is 5.07. The van der Waals surface area contributed by atoms with Crippen molar-refractivity contribution in [2.45, 2.75) is 26.2 Å². The van der Waals surface area contributed by atoms with Crippen molar-refractivity contribution in [1.82, 2.24) is 0 Å². The fraction of sp³-hybridized carbons (Fsp3) is 0.250. The summed E-state index contributed by atoms with van der Waals surface area (Å²) in [6, 6.07) is 11.2. The molecule has 2 aromatic carbocycles. The van der Waals surface area contributed by atoms with Crippen LogP contribution in [0.2, 0.25) is 0 Å². The van der Waals surface area contributed by atoms with Crippen LogP contribution < -0.4 is 0 Å². The molecule has 3 rings (SSSR count). The van der Waals surface area contributed by atoms with Gasteiger partial charge in [-0.25, -0.2) is 0 Å². The van der Waals surface area contributed by atoms with Crippen molar-refractivity contribution in [3.8, 4) is 0 Å². The first-order valence-corrected chi connectivity index (χ1v) is 6.71. The lowest BCUT2D eigenvalue weighted by Crippen LogP contribution is -1.99. The molecule has 102 valence electrons. The third-order valence-electron chi connectivity index (χ3n) is 3.87. The van der Waals surface area contributed by atoms with Crippen molar-refractivity contribution in [3.63, 3.8) is 0 Å². The Hall–Kier alpha value is -2.36. The highest BCUT2D eigenvalue weighted by molar-refractivity contribution is 6.05. The summed E-state index contributed by atoms with van der Waals surface area (Å²) in [5, 5.41) is 13.2. The summed E-state index contributed by atoms with van der Waals surface area (Å²) in [6.07, 6.45) is 0.863. The number of rotatable bonds is 3. The maximum Gasteiger partial charge on any atom is 0.276 e. The third kappa shape index (κ3) is 1.84. The Kier molecular flexibility index (Phi) is 2.93. The van der Waals surface area contributed by atoms with Crippen LogP contribution in [-0.4, -0.2) is 4.92 Å². The van der Waals surface area contributed by atoms with Crippen molar-refractivity contribution in [2.75, 3.05) is 0 Å². The van der Waals surface area contributed by atoms with Gasteiger partial charge in [0.25, 0.3) is 5.69 Å². The average Bonchev–Trinajstić information content (AvgIpc) is 2.82. The van der Waals surface area contributed by atoms with Crippen LogP contribution in [0.1, 0.15) is 31.7 Å². The first-order chi connectivity index (χ1) is 9.61. The van der Waals surface area contributed by atoms with Crippen LogP contribution in [0.3, 0.4) is 0 Å². The van der Waals surface area contributed by atoms with E-state index in [4.69, 9.17) is 4.42 Å². The van der Waals surface area contributed by atoms with Crippen molar-refractivity contribution in [1.29, 1.82) is 0 Å². The molecule has 0 N–H and O–H groups in total. The van der Waals surface area contributed by atoms with Crippen LogP contribution in [0, 0.1) is 10.1 Å². The van der Waals surface area contributed by atoms with E-state index in [0.717, 1.165) is 28.3 Å². The first-order valence-electron chi connectivity index (χ1n) is 6.71.